The highest BCUT2D eigenvalue weighted by Crippen LogP contribution is 2.24. The van der Waals surface area contributed by atoms with Crippen LogP contribution in [0.2, 0.25) is 0 Å². The first-order valence-corrected chi connectivity index (χ1v) is 12.0. The van der Waals surface area contributed by atoms with Gasteiger partial charge in [0.05, 0.1) is 19.9 Å². The monoisotopic (exact) mass is 488 g/mol. The number of aromatic nitrogens is 2. The van der Waals surface area contributed by atoms with E-state index in [1.165, 1.54) is 13.2 Å². The van der Waals surface area contributed by atoms with Crippen LogP contribution in [0.25, 0.3) is 10.9 Å². The average Bonchev–Trinajstić information content (AvgIpc) is 3.51. The van der Waals surface area contributed by atoms with Crippen molar-refractivity contribution in [2.24, 2.45) is 0 Å². The van der Waals surface area contributed by atoms with Gasteiger partial charge in [-0.25, -0.2) is 0 Å². The Morgan fingerprint density at radius 1 is 1.14 bits per heavy atom. The fourth-order valence-corrected chi connectivity index (χ4v) is 4.81. The molecule has 0 fully saturated rings. The van der Waals surface area contributed by atoms with Gasteiger partial charge in [0, 0.05) is 61.3 Å². The number of nitrogens with zero attached hydrogens (tertiary/aromatic N) is 2. The minimum absolute atomic E-state index is 0.0249. The zero-order valence-electron chi connectivity index (χ0n) is 20.1. The zero-order valence-corrected chi connectivity index (χ0v) is 20.1. The Kier molecular flexibility index (Phi) is 6.62. The van der Waals surface area contributed by atoms with Gasteiger partial charge in [0.2, 0.25) is 5.91 Å². The third-order valence-corrected chi connectivity index (χ3v) is 6.68. The van der Waals surface area contributed by atoms with Gasteiger partial charge >= 0.3 is 0 Å². The number of hydrogen-bond donors (Lipinski definition) is 2. The van der Waals surface area contributed by atoms with Crippen molar-refractivity contribution in [3.05, 3.63) is 87.9 Å². The second-order valence-electron chi connectivity index (χ2n) is 8.78. The summed E-state index contributed by atoms with van der Waals surface area (Å²) in [5.74, 6) is 0.513. The molecule has 3 aromatic heterocycles. The Morgan fingerprint density at radius 3 is 2.81 bits per heavy atom. The van der Waals surface area contributed by atoms with Gasteiger partial charge in [-0.1, -0.05) is 18.2 Å². The number of carbonyl (C=O) groups is 2. The van der Waals surface area contributed by atoms with E-state index in [2.05, 4.69) is 10.3 Å². The molecule has 186 valence electrons. The topological polar surface area (TPSA) is 110 Å². The van der Waals surface area contributed by atoms with Crippen molar-refractivity contribution in [3.8, 4) is 5.75 Å². The molecule has 1 aliphatic heterocycles. The predicted octanol–water partition coefficient (Wildman–Crippen LogP) is 2.88. The third-order valence-electron chi connectivity index (χ3n) is 6.68. The molecule has 0 unspecified atom stereocenters. The molecule has 5 rings (SSSR count). The number of H-pyrrole nitrogens is 1. The molecule has 1 aliphatic rings. The maximum atomic E-state index is 13.1. The number of furan rings is 1. The number of aryl methyl sites for hydroxylation is 1. The number of amides is 2. The van der Waals surface area contributed by atoms with Crippen LogP contribution in [0.5, 0.6) is 5.75 Å². The molecule has 0 saturated carbocycles. The van der Waals surface area contributed by atoms with Gasteiger partial charge in [0.1, 0.15) is 17.1 Å². The minimum Gasteiger partial charge on any atom is -0.496 e. The summed E-state index contributed by atoms with van der Waals surface area (Å²) in [6, 6.07) is 12.9. The van der Waals surface area contributed by atoms with Crippen molar-refractivity contribution in [3.63, 3.8) is 0 Å². The van der Waals surface area contributed by atoms with Crippen molar-refractivity contribution < 1.29 is 18.7 Å². The predicted molar refractivity (Wildman–Crippen MR) is 134 cm³/mol. The quantitative estimate of drug-likeness (QED) is 0.416. The highest BCUT2D eigenvalue weighted by atomic mass is 16.5. The molecule has 9 heteroatoms. The summed E-state index contributed by atoms with van der Waals surface area (Å²) in [4.78, 5) is 44.1. The zero-order chi connectivity index (χ0) is 25.1. The van der Waals surface area contributed by atoms with Gasteiger partial charge in [0.15, 0.2) is 0 Å². The standard InChI is InChI=1S/C27H28N4O5/c1-35-23-15-25(33)31-13-12-30(24(32)9-8-18-16-28-21-7-3-2-6-20(18)21)11-10-22(31)26(23)27(34)29-17-19-5-4-14-36-19/h2-7,14-16,28H,8-13,17H2,1H3,(H,29,34). The third kappa shape index (κ3) is 4.64. The van der Waals surface area contributed by atoms with E-state index in [9.17, 15) is 14.4 Å². The van der Waals surface area contributed by atoms with E-state index in [-0.39, 0.29) is 29.7 Å². The van der Waals surface area contributed by atoms with Crippen LogP contribution in [0.1, 0.15) is 33.8 Å². The maximum Gasteiger partial charge on any atom is 0.257 e. The van der Waals surface area contributed by atoms with Crippen LogP contribution in [-0.4, -0.2) is 46.5 Å². The van der Waals surface area contributed by atoms with E-state index in [1.807, 2.05) is 30.5 Å². The van der Waals surface area contributed by atoms with E-state index < -0.39 is 0 Å². The lowest BCUT2D eigenvalue weighted by atomic mass is 10.1. The number of ether oxygens (including phenoxy) is 1. The number of hydrogen-bond acceptors (Lipinski definition) is 5. The first-order chi connectivity index (χ1) is 17.5. The largest absolute Gasteiger partial charge is 0.496 e. The number of benzene rings is 1. The summed E-state index contributed by atoms with van der Waals surface area (Å²) in [5.41, 5.74) is 2.79. The van der Waals surface area contributed by atoms with Crippen LogP contribution in [0, 0.1) is 0 Å². The van der Waals surface area contributed by atoms with E-state index in [4.69, 9.17) is 9.15 Å². The first kappa shape index (κ1) is 23.5. The number of fused-ring (bicyclic) bond motifs is 2. The lowest BCUT2D eigenvalue weighted by Gasteiger charge is -2.19. The number of carbonyl (C=O) groups excluding carboxylic acids is 2. The Balaban J connectivity index is 1.31. The summed E-state index contributed by atoms with van der Waals surface area (Å²) >= 11 is 0. The molecule has 0 radical (unpaired) electrons. The van der Waals surface area contributed by atoms with Gasteiger partial charge in [0.25, 0.3) is 11.5 Å². The number of nitrogens with one attached hydrogen (secondary N) is 2. The maximum absolute atomic E-state index is 13.1. The molecule has 0 bridgehead atoms. The molecule has 9 nitrogen and oxygen atoms in total. The second-order valence-corrected chi connectivity index (χ2v) is 8.78. The van der Waals surface area contributed by atoms with Gasteiger partial charge in [-0.2, -0.15) is 0 Å². The second kappa shape index (κ2) is 10.2. The van der Waals surface area contributed by atoms with Crippen LogP contribution < -0.4 is 15.6 Å². The van der Waals surface area contributed by atoms with Crippen LogP contribution in [-0.2, 0) is 30.7 Å². The van der Waals surface area contributed by atoms with Gasteiger partial charge in [-0.05, 0) is 30.2 Å². The van der Waals surface area contributed by atoms with Crippen molar-refractivity contribution in [2.75, 3.05) is 20.2 Å². The highest BCUT2D eigenvalue weighted by molar-refractivity contribution is 5.98. The van der Waals surface area contributed by atoms with Gasteiger partial charge < -0.3 is 28.9 Å². The SMILES string of the molecule is COc1cc(=O)n2c(c1C(=O)NCc1ccco1)CCN(C(=O)CCc1c[nH]c3ccccc13)CC2. The van der Waals surface area contributed by atoms with Crippen molar-refractivity contribution in [2.45, 2.75) is 32.4 Å². The number of aromatic amines is 1. The van der Waals surface area contributed by atoms with Gasteiger partial charge in [-0.15, -0.1) is 0 Å². The Bertz CT molecular complexity index is 1450. The summed E-state index contributed by atoms with van der Waals surface area (Å²) in [5, 5.41) is 3.96. The minimum atomic E-state index is -0.355. The molecule has 4 heterocycles. The van der Waals surface area contributed by atoms with Crippen molar-refractivity contribution >= 4 is 22.7 Å². The summed E-state index contributed by atoms with van der Waals surface area (Å²) in [7, 11) is 1.44. The number of rotatable bonds is 7. The van der Waals surface area contributed by atoms with Crippen LogP contribution in [0.4, 0.5) is 0 Å². The van der Waals surface area contributed by atoms with E-state index in [0.717, 1.165) is 16.5 Å². The molecular formula is C27H28N4O5. The molecular weight excluding hydrogens is 460 g/mol. The van der Waals surface area contributed by atoms with Crippen LogP contribution >= 0.6 is 0 Å². The fourth-order valence-electron chi connectivity index (χ4n) is 4.81. The number of para-hydroxylation sites is 1. The summed E-state index contributed by atoms with van der Waals surface area (Å²) < 4.78 is 12.3. The molecule has 36 heavy (non-hydrogen) atoms. The van der Waals surface area contributed by atoms with Crippen LogP contribution in [0.3, 0.4) is 0 Å². The molecule has 2 amide bonds. The molecule has 1 aromatic carbocycles. The molecule has 2 N–H and O–H groups in total. The van der Waals surface area contributed by atoms with Crippen molar-refractivity contribution in [1.29, 1.82) is 0 Å². The fraction of sp³-hybridized carbons (Fsp3) is 0.296. The average molecular weight is 489 g/mol. The molecule has 0 atom stereocenters. The Hall–Kier alpha value is -4.27. The van der Waals surface area contributed by atoms with Crippen molar-refractivity contribution in [1.82, 2.24) is 19.8 Å². The van der Waals surface area contributed by atoms with E-state index in [1.54, 1.807) is 27.9 Å². The molecule has 4 aromatic rings. The normalized spacial score (nSPS) is 13.3. The summed E-state index contributed by atoms with van der Waals surface area (Å²) in [6.07, 6.45) is 4.86. The number of pyridine rings is 1. The molecule has 0 aliphatic carbocycles. The van der Waals surface area contributed by atoms with Gasteiger partial charge in [-0.3, -0.25) is 14.4 Å². The highest BCUT2D eigenvalue weighted by Gasteiger charge is 2.26. The summed E-state index contributed by atoms with van der Waals surface area (Å²) in [6.45, 7) is 1.35. The first-order valence-electron chi connectivity index (χ1n) is 12.0. The Labute approximate surface area is 207 Å². The lowest BCUT2D eigenvalue weighted by molar-refractivity contribution is -0.131. The Morgan fingerprint density at radius 2 is 2.00 bits per heavy atom. The van der Waals surface area contributed by atoms with E-state index in [0.29, 0.717) is 55.9 Å². The van der Waals surface area contributed by atoms with E-state index >= 15 is 0 Å². The smallest absolute Gasteiger partial charge is 0.257 e. The molecule has 0 saturated heterocycles. The molecule has 0 spiro atoms. The van der Waals surface area contributed by atoms with Crippen LogP contribution in [0.15, 0.2) is 64.1 Å². The number of methoxy groups -OCH3 is 1. The lowest BCUT2D eigenvalue weighted by Crippen LogP contribution is -2.34.